The second-order valence-electron chi connectivity index (χ2n) is 7.39. The summed E-state index contributed by atoms with van der Waals surface area (Å²) in [5.74, 6) is -1.45. The number of carbonyl (C=O) groups is 3. The summed E-state index contributed by atoms with van der Waals surface area (Å²) < 4.78 is 5.09. The number of rotatable bonds is 6. The predicted octanol–water partition coefficient (Wildman–Crippen LogP) is 3.67. The third kappa shape index (κ3) is 4.63. The average Bonchev–Trinajstić information content (AvgIpc) is 2.80. The molecule has 0 spiro atoms. The highest BCUT2D eigenvalue weighted by Gasteiger charge is 2.34. The van der Waals surface area contributed by atoms with Crippen molar-refractivity contribution >= 4 is 34.9 Å². The molecule has 7 nitrogen and oxygen atoms in total. The number of carbonyl (C=O) groups excluding carboxylic acids is 3. The largest absolute Gasteiger partial charge is 0.481 e. The molecule has 1 aromatic heterocycles. The first-order chi connectivity index (χ1) is 15.4. The highest BCUT2D eigenvalue weighted by molar-refractivity contribution is 6.30. The van der Waals surface area contributed by atoms with Crippen LogP contribution in [0.25, 0.3) is 0 Å². The molecule has 4 rings (SSSR count). The standard InChI is InChI=1S/C24H20ClN3O4/c1-32-21-11-15(7-8-26-21)13-27-23(30)16-5-6-20-18(12-16)22(29)19(24(31)28-20)10-14-3-2-4-17(25)9-14/h2-9,11-12,19H,10,13H2,1H3,(H,27,30)(H,28,31). The van der Waals surface area contributed by atoms with Crippen LogP contribution >= 0.6 is 11.6 Å². The lowest BCUT2D eigenvalue weighted by molar-refractivity contribution is -0.118. The number of ether oxygens (including phenoxy) is 1. The van der Waals surface area contributed by atoms with E-state index in [4.69, 9.17) is 16.3 Å². The lowest BCUT2D eigenvalue weighted by atomic mass is 9.86. The Hall–Kier alpha value is -3.71. The fourth-order valence-corrected chi connectivity index (χ4v) is 3.78. The third-order valence-corrected chi connectivity index (χ3v) is 5.46. The molecule has 2 aromatic carbocycles. The van der Waals surface area contributed by atoms with Gasteiger partial charge in [-0.3, -0.25) is 14.4 Å². The van der Waals surface area contributed by atoms with Gasteiger partial charge in [0.15, 0.2) is 5.78 Å². The van der Waals surface area contributed by atoms with Crippen LogP contribution in [0.3, 0.4) is 0 Å². The Morgan fingerprint density at radius 3 is 2.75 bits per heavy atom. The number of hydrogen-bond donors (Lipinski definition) is 2. The van der Waals surface area contributed by atoms with Crippen molar-refractivity contribution in [3.05, 3.63) is 88.1 Å². The smallest absolute Gasteiger partial charge is 0.251 e. The molecule has 1 atom stereocenters. The zero-order valence-electron chi connectivity index (χ0n) is 17.2. The zero-order chi connectivity index (χ0) is 22.7. The van der Waals surface area contributed by atoms with Crippen LogP contribution in [0.1, 0.15) is 31.8 Å². The van der Waals surface area contributed by atoms with Gasteiger partial charge in [0.1, 0.15) is 5.92 Å². The van der Waals surface area contributed by atoms with Gasteiger partial charge in [-0.1, -0.05) is 23.7 Å². The van der Waals surface area contributed by atoms with E-state index in [2.05, 4.69) is 15.6 Å². The Kier molecular flexibility index (Phi) is 6.18. The van der Waals surface area contributed by atoms with Crippen LogP contribution in [0.5, 0.6) is 5.88 Å². The summed E-state index contributed by atoms with van der Waals surface area (Å²) in [6, 6.07) is 15.2. The van der Waals surface area contributed by atoms with E-state index in [0.717, 1.165) is 11.1 Å². The number of pyridine rings is 1. The number of benzene rings is 2. The normalized spacial score (nSPS) is 15.0. The van der Waals surface area contributed by atoms with Crippen LogP contribution in [0.2, 0.25) is 5.02 Å². The topological polar surface area (TPSA) is 97.4 Å². The molecule has 162 valence electrons. The lowest BCUT2D eigenvalue weighted by Crippen LogP contribution is -2.37. The Balaban J connectivity index is 1.50. The first-order valence-electron chi connectivity index (χ1n) is 9.95. The van der Waals surface area contributed by atoms with Crippen LogP contribution < -0.4 is 15.4 Å². The summed E-state index contributed by atoms with van der Waals surface area (Å²) in [6.07, 6.45) is 1.82. The average molecular weight is 450 g/mol. The molecule has 1 unspecified atom stereocenters. The summed E-state index contributed by atoms with van der Waals surface area (Å²) in [5, 5.41) is 6.12. The summed E-state index contributed by atoms with van der Waals surface area (Å²) in [4.78, 5) is 42.3. The second-order valence-corrected chi connectivity index (χ2v) is 7.83. The Labute approximate surface area is 189 Å². The molecule has 1 aliphatic rings. The molecule has 8 heteroatoms. The van der Waals surface area contributed by atoms with Gasteiger partial charge in [0.2, 0.25) is 11.8 Å². The molecule has 1 aliphatic heterocycles. The zero-order valence-corrected chi connectivity index (χ0v) is 18.0. The van der Waals surface area contributed by atoms with Crippen molar-refractivity contribution in [2.24, 2.45) is 5.92 Å². The maximum atomic E-state index is 13.1. The molecule has 0 fully saturated rings. The Morgan fingerprint density at radius 2 is 1.97 bits per heavy atom. The number of halogens is 1. The minimum atomic E-state index is -0.886. The predicted molar refractivity (Wildman–Crippen MR) is 120 cm³/mol. The van der Waals surface area contributed by atoms with E-state index < -0.39 is 5.92 Å². The van der Waals surface area contributed by atoms with Gasteiger partial charge in [-0.2, -0.15) is 0 Å². The van der Waals surface area contributed by atoms with E-state index in [1.807, 2.05) is 6.07 Å². The number of fused-ring (bicyclic) bond motifs is 1. The van der Waals surface area contributed by atoms with Gasteiger partial charge in [0.05, 0.1) is 12.8 Å². The fourth-order valence-electron chi connectivity index (χ4n) is 3.57. The molecule has 3 aromatic rings. The first kappa shape index (κ1) is 21.5. The fraction of sp³-hybridized carbons (Fsp3) is 0.167. The summed E-state index contributed by atoms with van der Waals surface area (Å²) >= 11 is 6.02. The van der Waals surface area contributed by atoms with E-state index in [-0.39, 0.29) is 30.6 Å². The van der Waals surface area contributed by atoms with Gasteiger partial charge in [0.25, 0.3) is 5.91 Å². The molecule has 0 radical (unpaired) electrons. The van der Waals surface area contributed by atoms with Crippen molar-refractivity contribution in [1.29, 1.82) is 0 Å². The third-order valence-electron chi connectivity index (χ3n) is 5.23. The van der Waals surface area contributed by atoms with E-state index in [0.29, 0.717) is 27.7 Å². The number of hydrogen-bond acceptors (Lipinski definition) is 5. The van der Waals surface area contributed by atoms with Gasteiger partial charge in [-0.05, 0) is 53.9 Å². The molecule has 32 heavy (non-hydrogen) atoms. The maximum absolute atomic E-state index is 13.1. The maximum Gasteiger partial charge on any atom is 0.251 e. The molecule has 0 aliphatic carbocycles. The molecule has 0 saturated carbocycles. The minimum Gasteiger partial charge on any atom is -0.481 e. The minimum absolute atomic E-state index is 0.227. The Morgan fingerprint density at radius 1 is 1.12 bits per heavy atom. The summed E-state index contributed by atoms with van der Waals surface area (Å²) in [7, 11) is 1.52. The number of amides is 2. The number of nitrogens with one attached hydrogen (secondary N) is 2. The molecule has 2 N–H and O–H groups in total. The van der Waals surface area contributed by atoms with Crippen molar-refractivity contribution in [3.8, 4) is 5.88 Å². The molecular formula is C24H20ClN3O4. The number of aromatic nitrogens is 1. The number of nitrogens with zero attached hydrogens (tertiary/aromatic N) is 1. The number of anilines is 1. The summed E-state index contributed by atoms with van der Waals surface area (Å²) in [5.41, 5.74) is 2.66. The van der Waals surface area contributed by atoms with Crippen molar-refractivity contribution in [2.45, 2.75) is 13.0 Å². The van der Waals surface area contributed by atoms with Crippen molar-refractivity contribution in [2.75, 3.05) is 12.4 Å². The quantitative estimate of drug-likeness (QED) is 0.559. The lowest BCUT2D eigenvalue weighted by Gasteiger charge is -2.24. The van der Waals surface area contributed by atoms with Gasteiger partial charge in [-0.15, -0.1) is 0 Å². The van der Waals surface area contributed by atoms with Gasteiger partial charge in [0, 0.05) is 35.0 Å². The number of methoxy groups -OCH3 is 1. The van der Waals surface area contributed by atoms with Crippen molar-refractivity contribution in [1.82, 2.24) is 10.3 Å². The monoisotopic (exact) mass is 449 g/mol. The van der Waals surface area contributed by atoms with Crippen molar-refractivity contribution in [3.63, 3.8) is 0 Å². The van der Waals surface area contributed by atoms with Gasteiger partial charge < -0.3 is 15.4 Å². The molecule has 0 bridgehead atoms. The second kappa shape index (κ2) is 9.20. The van der Waals surface area contributed by atoms with Crippen LogP contribution in [-0.4, -0.2) is 29.7 Å². The number of Topliss-reactive ketones (excluding diaryl/α,β-unsaturated/α-hetero) is 1. The Bertz CT molecular complexity index is 1210. The van der Waals surface area contributed by atoms with Gasteiger partial charge >= 0.3 is 0 Å². The van der Waals surface area contributed by atoms with Gasteiger partial charge in [-0.25, -0.2) is 4.98 Å². The van der Waals surface area contributed by atoms with Crippen LogP contribution in [0.15, 0.2) is 60.8 Å². The van der Waals surface area contributed by atoms with Crippen molar-refractivity contribution < 1.29 is 19.1 Å². The van der Waals surface area contributed by atoms with E-state index in [1.165, 1.54) is 13.2 Å². The van der Waals surface area contributed by atoms with Crippen LogP contribution in [-0.2, 0) is 17.8 Å². The highest BCUT2D eigenvalue weighted by Crippen LogP contribution is 2.29. The molecule has 2 amide bonds. The van der Waals surface area contributed by atoms with E-state index in [1.54, 1.807) is 48.7 Å². The molecular weight excluding hydrogens is 430 g/mol. The molecule has 2 heterocycles. The number of ketones is 1. The highest BCUT2D eigenvalue weighted by atomic mass is 35.5. The van der Waals surface area contributed by atoms with E-state index >= 15 is 0 Å². The molecule has 0 saturated heterocycles. The van der Waals surface area contributed by atoms with E-state index in [9.17, 15) is 14.4 Å². The van der Waals surface area contributed by atoms with Crippen LogP contribution in [0.4, 0.5) is 5.69 Å². The first-order valence-corrected chi connectivity index (χ1v) is 10.3. The van der Waals surface area contributed by atoms with Crippen LogP contribution in [0, 0.1) is 5.92 Å². The SMILES string of the molecule is COc1cc(CNC(=O)c2ccc3c(c2)C(=O)C(Cc2cccc(Cl)c2)C(=O)N3)ccn1. The summed E-state index contributed by atoms with van der Waals surface area (Å²) in [6.45, 7) is 0.275.